The fourth-order valence-electron chi connectivity index (χ4n) is 3.55. The van der Waals surface area contributed by atoms with Crippen molar-refractivity contribution in [3.8, 4) is 0 Å². The van der Waals surface area contributed by atoms with Crippen LogP contribution in [0.3, 0.4) is 0 Å². The van der Waals surface area contributed by atoms with Crippen LogP contribution in [0.4, 0.5) is 0 Å². The summed E-state index contributed by atoms with van der Waals surface area (Å²) in [5.74, 6) is -1.48. The SMILES string of the molecule is O=C1C(O)=C(S(=O)(=O)c2ccccc2)C(c2ccc(Cl)cc2)N1Cc1ccccc1. The molecule has 1 aliphatic rings. The van der Waals surface area contributed by atoms with Crippen molar-refractivity contribution >= 4 is 27.3 Å². The Labute approximate surface area is 179 Å². The predicted octanol–water partition coefficient (Wildman–Crippen LogP) is 4.67. The van der Waals surface area contributed by atoms with E-state index in [1.54, 1.807) is 42.5 Å². The van der Waals surface area contributed by atoms with Crippen molar-refractivity contribution in [2.45, 2.75) is 17.5 Å². The molecule has 5 nitrogen and oxygen atoms in total. The van der Waals surface area contributed by atoms with Gasteiger partial charge in [-0.05, 0) is 35.4 Å². The third kappa shape index (κ3) is 3.60. The van der Waals surface area contributed by atoms with E-state index < -0.39 is 27.5 Å². The summed E-state index contributed by atoms with van der Waals surface area (Å²) in [5.41, 5.74) is 1.36. The van der Waals surface area contributed by atoms with Crippen LogP contribution in [0.15, 0.2) is 100 Å². The van der Waals surface area contributed by atoms with Crippen LogP contribution >= 0.6 is 11.6 Å². The standard InChI is InChI=1S/C23H18ClNO4S/c24-18-13-11-17(12-14-18)20-22(30(28,29)19-9-5-2-6-10-19)21(26)23(27)25(20)15-16-7-3-1-4-8-16/h1-14,20,26H,15H2. The summed E-state index contributed by atoms with van der Waals surface area (Å²) in [7, 11) is -4.12. The zero-order chi connectivity index (χ0) is 21.3. The van der Waals surface area contributed by atoms with Crippen LogP contribution in [-0.2, 0) is 21.2 Å². The number of aliphatic hydroxyl groups excluding tert-OH is 1. The van der Waals surface area contributed by atoms with Crippen molar-refractivity contribution in [1.82, 2.24) is 4.90 Å². The van der Waals surface area contributed by atoms with Crippen LogP contribution in [0.2, 0.25) is 5.02 Å². The van der Waals surface area contributed by atoms with Crippen molar-refractivity contribution in [2.24, 2.45) is 0 Å². The second kappa shape index (κ2) is 7.97. The first-order chi connectivity index (χ1) is 14.4. The molecule has 1 heterocycles. The quantitative estimate of drug-likeness (QED) is 0.627. The number of carbonyl (C=O) groups excluding carboxylic acids is 1. The highest BCUT2D eigenvalue weighted by atomic mass is 35.5. The lowest BCUT2D eigenvalue weighted by Crippen LogP contribution is -2.30. The third-order valence-electron chi connectivity index (χ3n) is 4.98. The van der Waals surface area contributed by atoms with E-state index in [4.69, 9.17) is 11.6 Å². The van der Waals surface area contributed by atoms with E-state index in [9.17, 15) is 18.3 Å². The lowest BCUT2D eigenvalue weighted by Gasteiger charge is -2.27. The molecule has 3 aromatic rings. The molecule has 0 saturated carbocycles. The highest BCUT2D eigenvalue weighted by molar-refractivity contribution is 7.95. The average Bonchev–Trinajstić information content (AvgIpc) is 3.01. The molecule has 1 aliphatic heterocycles. The molecule has 0 aromatic heterocycles. The summed E-state index contributed by atoms with van der Waals surface area (Å²) in [6.07, 6.45) is 0. The zero-order valence-corrected chi connectivity index (χ0v) is 17.3. The fourth-order valence-corrected chi connectivity index (χ4v) is 5.34. The fraction of sp³-hybridized carbons (Fsp3) is 0.0870. The summed E-state index contributed by atoms with van der Waals surface area (Å²) in [6, 6.07) is 22.6. The number of aliphatic hydroxyl groups is 1. The van der Waals surface area contributed by atoms with Crippen LogP contribution in [0, 0.1) is 0 Å². The molecule has 152 valence electrons. The zero-order valence-electron chi connectivity index (χ0n) is 15.8. The lowest BCUT2D eigenvalue weighted by atomic mass is 10.1. The first-order valence-electron chi connectivity index (χ1n) is 9.23. The maximum Gasteiger partial charge on any atom is 0.290 e. The van der Waals surface area contributed by atoms with E-state index in [-0.39, 0.29) is 16.3 Å². The largest absolute Gasteiger partial charge is 0.502 e. The molecule has 0 fully saturated rings. The van der Waals surface area contributed by atoms with Crippen LogP contribution in [0.25, 0.3) is 0 Å². The molecule has 0 radical (unpaired) electrons. The van der Waals surface area contributed by atoms with E-state index in [1.165, 1.54) is 17.0 Å². The summed E-state index contributed by atoms with van der Waals surface area (Å²) in [6.45, 7) is 0.144. The Hall–Kier alpha value is -3.09. The molecular weight excluding hydrogens is 422 g/mol. The smallest absolute Gasteiger partial charge is 0.290 e. The van der Waals surface area contributed by atoms with Crippen molar-refractivity contribution in [3.63, 3.8) is 0 Å². The molecule has 1 N–H and O–H groups in total. The molecule has 7 heteroatoms. The predicted molar refractivity (Wildman–Crippen MR) is 114 cm³/mol. The molecule has 0 spiro atoms. The number of carbonyl (C=O) groups is 1. The number of hydrogen-bond donors (Lipinski definition) is 1. The number of benzene rings is 3. The van der Waals surface area contributed by atoms with Gasteiger partial charge in [0, 0.05) is 11.6 Å². The average molecular weight is 440 g/mol. The molecule has 1 atom stereocenters. The van der Waals surface area contributed by atoms with Gasteiger partial charge in [-0.15, -0.1) is 0 Å². The van der Waals surface area contributed by atoms with Gasteiger partial charge >= 0.3 is 0 Å². The molecule has 30 heavy (non-hydrogen) atoms. The second-order valence-corrected chi connectivity index (χ2v) is 9.26. The van der Waals surface area contributed by atoms with E-state index in [2.05, 4.69) is 0 Å². The van der Waals surface area contributed by atoms with Gasteiger partial charge < -0.3 is 10.0 Å². The lowest BCUT2D eigenvalue weighted by molar-refractivity contribution is -0.130. The van der Waals surface area contributed by atoms with Gasteiger partial charge in [-0.2, -0.15) is 0 Å². The van der Waals surface area contributed by atoms with E-state index >= 15 is 0 Å². The number of rotatable bonds is 5. The van der Waals surface area contributed by atoms with Crippen molar-refractivity contribution in [2.75, 3.05) is 0 Å². The monoisotopic (exact) mass is 439 g/mol. The maximum absolute atomic E-state index is 13.4. The Kier molecular flexibility index (Phi) is 5.37. The van der Waals surface area contributed by atoms with Crippen LogP contribution in [0.1, 0.15) is 17.2 Å². The Balaban J connectivity index is 1.86. The van der Waals surface area contributed by atoms with Gasteiger partial charge in [0.25, 0.3) is 5.91 Å². The van der Waals surface area contributed by atoms with Crippen LogP contribution in [0.5, 0.6) is 0 Å². The van der Waals surface area contributed by atoms with E-state index in [1.807, 2.05) is 30.3 Å². The molecular formula is C23H18ClNO4S. The topological polar surface area (TPSA) is 74.7 Å². The van der Waals surface area contributed by atoms with Gasteiger partial charge in [0.1, 0.15) is 4.91 Å². The summed E-state index contributed by atoms with van der Waals surface area (Å²) in [5, 5.41) is 11.2. The molecule has 1 amide bonds. The number of amides is 1. The van der Waals surface area contributed by atoms with Crippen LogP contribution < -0.4 is 0 Å². The van der Waals surface area contributed by atoms with Gasteiger partial charge in [-0.3, -0.25) is 4.79 Å². The van der Waals surface area contributed by atoms with Crippen LogP contribution in [-0.4, -0.2) is 24.3 Å². The highest BCUT2D eigenvalue weighted by Gasteiger charge is 2.46. The van der Waals surface area contributed by atoms with Gasteiger partial charge in [-0.25, -0.2) is 8.42 Å². The summed E-state index contributed by atoms with van der Waals surface area (Å²) >= 11 is 6.00. The Morgan fingerprint density at radius 2 is 1.43 bits per heavy atom. The first-order valence-corrected chi connectivity index (χ1v) is 11.1. The van der Waals surface area contributed by atoms with Gasteiger partial charge in [0.15, 0.2) is 5.76 Å². The minimum absolute atomic E-state index is 0.0138. The summed E-state index contributed by atoms with van der Waals surface area (Å²) < 4.78 is 26.8. The molecule has 0 saturated heterocycles. The van der Waals surface area contributed by atoms with Gasteiger partial charge in [0.2, 0.25) is 9.84 Å². The molecule has 3 aromatic carbocycles. The highest BCUT2D eigenvalue weighted by Crippen LogP contribution is 2.43. The normalized spacial score (nSPS) is 16.9. The molecule has 1 unspecified atom stereocenters. The van der Waals surface area contributed by atoms with E-state index in [0.29, 0.717) is 10.6 Å². The minimum Gasteiger partial charge on any atom is -0.502 e. The van der Waals surface area contributed by atoms with Crippen molar-refractivity contribution < 1.29 is 18.3 Å². The number of sulfone groups is 1. The second-order valence-electron chi connectivity index (χ2n) is 6.90. The van der Waals surface area contributed by atoms with Crippen molar-refractivity contribution in [3.05, 3.63) is 112 Å². The first kappa shape index (κ1) is 20.2. The molecule has 4 rings (SSSR count). The Morgan fingerprint density at radius 1 is 0.867 bits per heavy atom. The Morgan fingerprint density at radius 3 is 2.03 bits per heavy atom. The summed E-state index contributed by atoms with van der Waals surface area (Å²) in [4.78, 5) is 14.0. The van der Waals surface area contributed by atoms with Gasteiger partial charge in [-0.1, -0.05) is 72.3 Å². The molecule has 0 aliphatic carbocycles. The number of nitrogens with zero attached hydrogens (tertiary/aromatic N) is 1. The third-order valence-corrected chi connectivity index (χ3v) is 7.12. The molecule has 0 bridgehead atoms. The van der Waals surface area contributed by atoms with E-state index in [0.717, 1.165) is 5.56 Å². The Bertz CT molecular complexity index is 1210. The van der Waals surface area contributed by atoms with Crippen molar-refractivity contribution in [1.29, 1.82) is 0 Å². The minimum atomic E-state index is -4.12. The maximum atomic E-state index is 13.4. The number of hydrogen-bond acceptors (Lipinski definition) is 4. The number of halogens is 1. The van der Waals surface area contributed by atoms with Gasteiger partial charge in [0.05, 0.1) is 10.9 Å².